The summed E-state index contributed by atoms with van der Waals surface area (Å²) >= 11 is 0. The fourth-order valence-electron chi connectivity index (χ4n) is 0.246. The summed E-state index contributed by atoms with van der Waals surface area (Å²) in [6.07, 6.45) is -0.126. The van der Waals surface area contributed by atoms with Crippen molar-refractivity contribution >= 4 is 15.1 Å². The van der Waals surface area contributed by atoms with E-state index in [4.69, 9.17) is 5.73 Å². The maximum Gasteiger partial charge on any atom is 0.327 e. The van der Waals surface area contributed by atoms with Gasteiger partial charge in [0.15, 0.2) is 0 Å². The summed E-state index contributed by atoms with van der Waals surface area (Å²) in [6, 6.07) is 0. The first-order valence-corrected chi connectivity index (χ1v) is 2.94. The molecule has 9 heavy (non-hydrogen) atoms. The van der Waals surface area contributed by atoms with E-state index >= 15 is 0 Å². The minimum absolute atomic E-state index is 0.0454. The predicted molar refractivity (Wildman–Crippen MR) is 30.7 cm³/mol. The van der Waals surface area contributed by atoms with Crippen LogP contribution >= 0.6 is 8.69 Å². The summed E-state index contributed by atoms with van der Waals surface area (Å²) in [5.41, 5.74) is 5.16. The van der Waals surface area contributed by atoms with Gasteiger partial charge in [0.2, 0.25) is 6.41 Å². The maximum atomic E-state index is 9.65. The Kier molecular flexibility index (Phi) is 5.30. The number of hydrogen-bond donors (Lipinski definition) is 2. The minimum atomic E-state index is -0.580. The van der Waals surface area contributed by atoms with Crippen molar-refractivity contribution < 1.29 is 13.9 Å². The molecule has 0 heterocycles. The van der Waals surface area contributed by atoms with E-state index in [0.717, 1.165) is 0 Å². The second-order valence-corrected chi connectivity index (χ2v) is 1.67. The molecule has 0 aromatic heterocycles. The van der Waals surface area contributed by atoms with Crippen LogP contribution in [0.1, 0.15) is 0 Å². The van der Waals surface area contributed by atoms with E-state index in [1.54, 1.807) is 0 Å². The molecule has 0 fully saturated rings. The van der Waals surface area contributed by atoms with E-state index in [-0.39, 0.29) is 6.61 Å². The van der Waals surface area contributed by atoms with Gasteiger partial charge in [-0.2, -0.15) is 0 Å². The van der Waals surface area contributed by atoms with Crippen LogP contribution in [0.4, 0.5) is 0 Å². The fraction of sp³-hybridized carbons (Fsp3) is 0.667. The SMILES string of the molecule is NC(COP=O)NC=O. The summed E-state index contributed by atoms with van der Waals surface area (Å²) in [5.74, 6) is 0. The molecule has 0 radical (unpaired) electrons. The van der Waals surface area contributed by atoms with Crippen LogP contribution in [0.3, 0.4) is 0 Å². The smallest absolute Gasteiger partial charge is 0.327 e. The van der Waals surface area contributed by atoms with Crippen molar-refractivity contribution in [3.63, 3.8) is 0 Å². The predicted octanol–water partition coefficient (Wildman–Crippen LogP) is -0.760. The van der Waals surface area contributed by atoms with E-state index in [1.807, 2.05) is 0 Å². The van der Waals surface area contributed by atoms with E-state index in [0.29, 0.717) is 6.41 Å². The van der Waals surface area contributed by atoms with Gasteiger partial charge in [0.25, 0.3) is 0 Å². The molecule has 0 aromatic carbocycles. The number of nitrogens with one attached hydrogen (secondary N) is 1. The lowest BCUT2D eigenvalue weighted by molar-refractivity contribution is -0.110. The standard InChI is InChI=1S/C3H7N2O3P/c4-3(5-2-6)1-8-9-7/h2-3H,1,4H2,(H,5,6). The first-order valence-electron chi connectivity index (χ1n) is 2.21. The van der Waals surface area contributed by atoms with Gasteiger partial charge in [0.05, 0.1) is 6.61 Å². The second kappa shape index (κ2) is 5.62. The summed E-state index contributed by atoms with van der Waals surface area (Å²) in [4.78, 5) is 9.65. The minimum Gasteiger partial charge on any atom is -0.341 e. The zero-order valence-electron chi connectivity index (χ0n) is 4.61. The molecule has 0 rings (SSSR count). The van der Waals surface area contributed by atoms with E-state index in [1.165, 1.54) is 0 Å². The maximum absolute atomic E-state index is 9.65. The van der Waals surface area contributed by atoms with Gasteiger partial charge in [-0.15, -0.1) is 0 Å². The zero-order valence-corrected chi connectivity index (χ0v) is 5.51. The van der Waals surface area contributed by atoms with Gasteiger partial charge >= 0.3 is 8.69 Å². The van der Waals surface area contributed by atoms with Gasteiger partial charge in [-0.1, -0.05) is 0 Å². The monoisotopic (exact) mass is 150 g/mol. The van der Waals surface area contributed by atoms with Crippen LogP contribution in [-0.2, 0) is 13.9 Å². The van der Waals surface area contributed by atoms with Crippen molar-refractivity contribution in [3.05, 3.63) is 0 Å². The Hall–Kier alpha value is -0.510. The third-order valence-corrected chi connectivity index (χ3v) is 0.843. The number of carbonyl (C=O) groups excluding carboxylic acids is 1. The van der Waals surface area contributed by atoms with Gasteiger partial charge in [0, 0.05) is 0 Å². The number of amides is 1. The van der Waals surface area contributed by atoms with Crippen LogP contribution in [0.25, 0.3) is 0 Å². The average Bonchev–Trinajstić information content (AvgIpc) is 1.85. The number of rotatable bonds is 5. The molecule has 1 unspecified atom stereocenters. The molecule has 1 atom stereocenters. The van der Waals surface area contributed by atoms with Crippen LogP contribution in [0.2, 0.25) is 0 Å². The number of hydrogen-bond acceptors (Lipinski definition) is 4. The van der Waals surface area contributed by atoms with Crippen LogP contribution in [0.5, 0.6) is 0 Å². The van der Waals surface area contributed by atoms with Crippen molar-refractivity contribution in [2.45, 2.75) is 6.17 Å². The molecule has 0 bridgehead atoms. The lowest BCUT2D eigenvalue weighted by Gasteiger charge is -2.05. The highest BCUT2D eigenvalue weighted by Crippen LogP contribution is 1.92. The Bertz CT molecular complexity index is 99.1. The molecule has 0 saturated carbocycles. The molecule has 6 heteroatoms. The van der Waals surface area contributed by atoms with E-state index < -0.39 is 14.9 Å². The lowest BCUT2D eigenvalue weighted by Crippen LogP contribution is -2.39. The molecule has 0 saturated heterocycles. The lowest BCUT2D eigenvalue weighted by atomic mass is 10.6. The molecule has 0 spiro atoms. The Morgan fingerprint density at radius 2 is 2.56 bits per heavy atom. The first kappa shape index (κ1) is 8.49. The van der Waals surface area contributed by atoms with Gasteiger partial charge in [-0.3, -0.25) is 9.32 Å². The molecule has 0 aromatic rings. The van der Waals surface area contributed by atoms with Crippen LogP contribution < -0.4 is 11.1 Å². The Morgan fingerprint density at radius 1 is 1.89 bits per heavy atom. The molecule has 3 N–H and O–H groups in total. The Balaban J connectivity index is 3.14. The third-order valence-electron chi connectivity index (χ3n) is 0.589. The zero-order chi connectivity index (χ0) is 7.11. The van der Waals surface area contributed by atoms with Gasteiger partial charge < -0.3 is 11.1 Å². The van der Waals surface area contributed by atoms with Crippen molar-refractivity contribution in [2.24, 2.45) is 5.73 Å². The van der Waals surface area contributed by atoms with E-state index in [2.05, 4.69) is 9.84 Å². The highest BCUT2D eigenvalue weighted by atomic mass is 31.1. The van der Waals surface area contributed by atoms with Crippen molar-refractivity contribution in [2.75, 3.05) is 6.61 Å². The fourth-order valence-corrected chi connectivity index (χ4v) is 0.468. The Labute approximate surface area is 53.8 Å². The van der Waals surface area contributed by atoms with Crippen LogP contribution in [-0.4, -0.2) is 19.2 Å². The van der Waals surface area contributed by atoms with Crippen LogP contribution in [0.15, 0.2) is 0 Å². The highest BCUT2D eigenvalue weighted by Gasteiger charge is 1.97. The van der Waals surface area contributed by atoms with E-state index in [9.17, 15) is 9.36 Å². The second-order valence-electron chi connectivity index (χ2n) is 1.26. The normalized spacial score (nSPS) is 13.0. The average molecular weight is 150 g/mol. The summed E-state index contributed by atoms with van der Waals surface area (Å²) in [6.45, 7) is 0.0454. The largest absolute Gasteiger partial charge is 0.341 e. The molecular formula is C3H7N2O3P. The summed E-state index contributed by atoms with van der Waals surface area (Å²) < 4.78 is 13.9. The van der Waals surface area contributed by atoms with Gasteiger partial charge in [0.1, 0.15) is 6.17 Å². The highest BCUT2D eigenvalue weighted by molar-refractivity contribution is 7.17. The Morgan fingerprint density at radius 3 is 3.00 bits per heavy atom. The third kappa shape index (κ3) is 5.36. The topological polar surface area (TPSA) is 81.4 Å². The van der Waals surface area contributed by atoms with Gasteiger partial charge in [-0.25, -0.2) is 4.57 Å². The van der Waals surface area contributed by atoms with Gasteiger partial charge in [-0.05, 0) is 0 Å². The van der Waals surface area contributed by atoms with Crippen LogP contribution in [0, 0.1) is 0 Å². The number of nitrogens with two attached hydrogens (primary N) is 1. The molecule has 0 aliphatic heterocycles. The van der Waals surface area contributed by atoms with Crippen molar-refractivity contribution in [1.29, 1.82) is 0 Å². The molecule has 0 aliphatic carbocycles. The van der Waals surface area contributed by atoms with Crippen molar-refractivity contribution in [3.8, 4) is 0 Å². The molecule has 1 amide bonds. The first-order chi connectivity index (χ1) is 4.31. The number of carbonyl (C=O) groups is 1. The summed E-state index contributed by atoms with van der Waals surface area (Å²) in [7, 11) is -0.431. The van der Waals surface area contributed by atoms with Crippen molar-refractivity contribution in [1.82, 2.24) is 5.32 Å². The quantitative estimate of drug-likeness (QED) is 0.306. The molecular weight excluding hydrogens is 143 g/mol. The molecule has 52 valence electrons. The summed E-state index contributed by atoms with van der Waals surface area (Å²) in [5, 5.41) is 2.21. The molecule has 0 aliphatic rings. The molecule has 5 nitrogen and oxygen atoms in total.